The highest BCUT2D eigenvalue weighted by molar-refractivity contribution is 6.48. The third kappa shape index (κ3) is 5.13. The van der Waals surface area contributed by atoms with Crippen molar-refractivity contribution < 1.29 is 33.0 Å². The molecule has 0 bridgehead atoms. The zero-order valence-corrected chi connectivity index (χ0v) is 14.4. The molecule has 0 radical (unpaired) electrons. The quantitative estimate of drug-likeness (QED) is 0.642. The Bertz CT molecular complexity index is 785. The van der Waals surface area contributed by atoms with Crippen LogP contribution in [0.5, 0.6) is 0 Å². The third-order valence-corrected chi connectivity index (χ3v) is 4.09. The van der Waals surface area contributed by atoms with Crippen LogP contribution in [0, 0.1) is 0 Å². The molecule has 1 aromatic carbocycles. The topological polar surface area (TPSA) is 111 Å². The Morgan fingerprint density at radius 2 is 1.70 bits per heavy atom. The molecule has 3 N–H and O–H groups in total. The van der Waals surface area contributed by atoms with Crippen molar-refractivity contribution in [2.45, 2.75) is 31.6 Å². The molecular weight excluding hydrogens is 367 g/mol. The smallest absolute Gasteiger partial charge is 0.416 e. The fraction of sp³-hybridized carbons (Fsp3) is 0.412. The number of alkyl halides is 3. The lowest BCUT2D eigenvalue weighted by Gasteiger charge is -2.28. The zero-order chi connectivity index (χ0) is 20.2. The first kappa shape index (κ1) is 20.6. The van der Waals surface area contributed by atoms with Crippen LogP contribution in [-0.2, 0) is 15.8 Å². The van der Waals surface area contributed by atoms with Gasteiger partial charge < -0.3 is 15.5 Å². The molecule has 1 spiro atoms. The van der Waals surface area contributed by atoms with E-state index in [1.807, 2.05) is 6.92 Å². The number of carbonyl (C=O) groups is 2. The summed E-state index contributed by atoms with van der Waals surface area (Å²) in [6.07, 6.45) is -2.77. The zero-order valence-electron chi connectivity index (χ0n) is 14.4. The van der Waals surface area contributed by atoms with E-state index in [0.717, 1.165) is 43.8 Å². The maximum absolute atomic E-state index is 12.8. The van der Waals surface area contributed by atoms with Gasteiger partial charge in [-0.05, 0) is 32.1 Å². The average Bonchev–Trinajstić information content (AvgIpc) is 2.91. The van der Waals surface area contributed by atoms with E-state index >= 15 is 0 Å². The van der Waals surface area contributed by atoms with Crippen LogP contribution >= 0.6 is 0 Å². The monoisotopic (exact) mass is 385 g/mol. The predicted molar refractivity (Wildman–Crippen MR) is 91.2 cm³/mol. The summed E-state index contributed by atoms with van der Waals surface area (Å²) in [4.78, 5) is 27.5. The van der Waals surface area contributed by atoms with Crippen molar-refractivity contribution in [2.24, 2.45) is 9.98 Å². The number of piperidine rings is 1. The molecule has 146 valence electrons. The molecule has 0 unspecified atom stereocenters. The fourth-order valence-electron chi connectivity index (χ4n) is 2.85. The lowest BCUT2D eigenvalue weighted by Crippen LogP contribution is -2.38. The Labute approximate surface area is 152 Å². The minimum absolute atomic E-state index is 0.473. The number of hydrogen-bond acceptors (Lipinski definition) is 5. The second kappa shape index (κ2) is 7.87. The Morgan fingerprint density at radius 1 is 1.11 bits per heavy atom. The Morgan fingerprint density at radius 3 is 2.22 bits per heavy atom. The molecule has 1 fully saturated rings. The Balaban J connectivity index is 0.000000380. The van der Waals surface area contributed by atoms with Gasteiger partial charge in [0.25, 0.3) is 0 Å². The van der Waals surface area contributed by atoms with E-state index in [2.05, 4.69) is 15.3 Å². The SMILES string of the molecule is CC1=NC2(CCNCC2)N=C1c1cccc(C(F)(F)F)c1.O=C(O)C(=O)O. The van der Waals surface area contributed by atoms with Crippen LogP contribution in [0.2, 0.25) is 0 Å². The minimum Gasteiger partial charge on any atom is -0.473 e. The molecule has 2 aliphatic rings. The van der Waals surface area contributed by atoms with Crippen molar-refractivity contribution >= 4 is 23.4 Å². The molecule has 2 aliphatic heterocycles. The predicted octanol–water partition coefficient (Wildman–Crippen LogP) is 2.20. The van der Waals surface area contributed by atoms with Crippen molar-refractivity contribution in [1.29, 1.82) is 0 Å². The van der Waals surface area contributed by atoms with Crippen LogP contribution in [-0.4, -0.2) is 52.3 Å². The molecule has 0 aromatic heterocycles. The van der Waals surface area contributed by atoms with Crippen molar-refractivity contribution in [1.82, 2.24) is 5.32 Å². The van der Waals surface area contributed by atoms with Gasteiger partial charge in [0.2, 0.25) is 0 Å². The van der Waals surface area contributed by atoms with E-state index in [9.17, 15) is 13.2 Å². The summed E-state index contributed by atoms with van der Waals surface area (Å²) < 4.78 is 38.5. The highest BCUT2D eigenvalue weighted by Gasteiger charge is 2.37. The van der Waals surface area contributed by atoms with E-state index in [-0.39, 0.29) is 0 Å². The first-order valence-electron chi connectivity index (χ1n) is 8.05. The van der Waals surface area contributed by atoms with Gasteiger partial charge in [-0.25, -0.2) is 9.59 Å². The standard InChI is InChI=1S/C15H16F3N3.C2H2O4/c1-10-13(21-14(20-10)5-7-19-8-6-14)11-3-2-4-12(9-11)15(16,17)18;3-1(4)2(5)6/h2-4,9,19H,5-8H2,1H3;(H,3,4)(H,5,6). The van der Waals surface area contributed by atoms with E-state index < -0.39 is 29.3 Å². The van der Waals surface area contributed by atoms with Crippen molar-refractivity contribution in [3.05, 3.63) is 35.4 Å². The molecule has 1 aromatic rings. The molecule has 2 heterocycles. The first-order chi connectivity index (χ1) is 12.5. The minimum atomic E-state index is -4.34. The number of hydrogen-bond donors (Lipinski definition) is 3. The summed E-state index contributed by atoms with van der Waals surface area (Å²) in [7, 11) is 0. The summed E-state index contributed by atoms with van der Waals surface area (Å²) in [5.41, 5.74) is 0.668. The van der Waals surface area contributed by atoms with Gasteiger partial charge in [0.1, 0.15) is 0 Å². The highest BCUT2D eigenvalue weighted by Crippen LogP contribution is 2.33. The Hall–Kier alpha value is -2.75. The van der Waals surface area contributed by atoms with Crippen LogP contribution in [0.15, 0.2) is 34.3 Å². The first-order valence-corrected chi connectivity index (χ1v) is 8.05. The fourth-order valence-corrected chi connectivity index (χ4v) is 2.85. The van der Waals surface area contributed by atoms with Crippen molar-refractivity contribution in [3.63, 3.8) is 0 Å². The molecule has 0 aliphatic carbocycles. The number of rotatable bonds is 1. The van der Waals surface area contributed by atoms with E-state index in [1.54, 1.807) is 6.07 Å². The van der Waals surface area contributed by atoms with Crippen LogP contribution in [0.4, 0.5) is 13.2 Å². The van der Waals surface area contributed by atoms with E-state index in [0.29, 0.717) is 11.3 Å². The van der Waals surface area contributed by atoms with Gasteiger partial charge in [-0.2, -0.15) is 13.2 Å². The molecule has 0 saturated carbocycles. The lowest BCUT2D eigenvalue weighted by molar-refractivity contribution is -0.159. The van der Waals surface area contributed by atoms with Gasteiger partial charge >= 0.3 is 18.1 Å². The molecule has 10 heteroatoms. The number of nitrogens with one attached hydrogen (secondary N) is 1. The number of benzene rings is 1. The van der Waals surface area contributed by atoms with Gasteiger partial charge in [0.15, 0.2) is 5.66 Å². The third-order valence-electron chi connectivity index (χ3n) is 4.09. The Kier molecular flexibility index (Phi) is 5.99. The maximum Gasteiger partial charge on any atom is 0.416 e. The van der Waals surface area contributed by atoms with Crippen LogP contribution in [0.3, 0.4) is 0 Å². The molecule has 0 amide bonds. The average molecular weight is 385 g/mol. The van der Waals surface area contributed by atoms with Crippen LogP contribution in [0.1, 0.15) is 30.9 Å². The number of nitrogens with zero attached hydrogens (tertiary/aromatic N) is 2. The van der Waals surface area contributed by atoms with Gasteiger partial charge in [-0.15, -0.1) is 0 Å². The molecule has 7 nitrogen and oxygen atoms in total. The van der Waals surface area contributed by atoms with Crippen LogP contribution in [0.25, 0.3) is 0 Å². The largest absolute Gasteiger partial charge is 0.473 e. The summed E-state index contributed by atoms with van der Waals surface area (Å²) in [6, 6.07) is 5.30. The maximum atomic E-state index is 12.8. The summed E-state index contributed by atoms with van der Waals surface area (Å²) in [5.74, 6) is -3.65. The second-order valence-corrected chi connectivity index (χ2v) is 6.08. The number of aliphatic imine (C=N–C) groups is 2. The van der Waals surface area contributed by atoms with Crippen LogP contribution < -0.4 is 5.32 Å². The van der Waals surface area contributed by atoms with Gasteiger partial charge in [0.05, 0.1) is 17.0 Å². The van der Waals surface area contributed by atoms with Gasteiger partial charge in [-0.1, -0.05) is 12.1 Å². The van der Waals surface area contributed by atoms with Crippen molar-refractivity contribution in [3.8, 4) is 0 Å². The summed E-state index contributed by atoms with van der Waals surface area (Å²) in [6.45, 7) is 3.47. The number of halogens is 3. The van der Waals surface area contributed by atoms with Gasteiger partial charge in [0, 0.05) is 18.4 Å². The normalized spacial score (nSPS) is 18.2. The molecule has 3 rings (SSSR count). The lowest BCUT2D eigenvalue weighted by atomic mass is 10.00. The van der Waals surface area contributed by atoms with Gasteiger partial charge in [-0.3, -0.25) is 9.98 Å². The van der Waals surface area contributed by atoms with E-state index in [4.69, 9.17) is 19.8 Å². The number of carboxylic acid groups (broad SMARTS) is 2. The summed E-state index contributed by atoms with van der Waals surface area (Å²) >= 11 is 0. The molecule has 27 heavy (non-hydrogen) atoms. The summed E-state index contributed by atoms with van der Waals surface area (Å²) in [5, 5.41) is 18.0. The second-order valence-electron chi connectivity index (χ2n) is 6.08. The number of aliphatic carboxylic acids is 2. The van der Waals surface area contributed by atoms with Crippen molar-refractivity contribution in [2.75, 3.05) is 13.1 Å². The number of carboxylic acids is 2. The molecule has 0 atom stereocenters. The van der Waals surface area contributed by atoms with E-state index in [1.165, 1.54) is 6.07 Å². The molecule has 1 saturated heterocycles. The molecular formula is C17H18F3N3O4. The highest BCUT2D eigenvalue weighted by atomic mass is 19.4.